The van der Waals surface area contributed by atoms with E-state index in [1.54, 1.807) is 26.2 Å². The molecule has 126 valence electrons. The maximum Gasteiger partial charge on any atom is 0.192 e. The molecule has 0 radical (unpaired) electrons. The number of ketones is 1. The zero-order valence-corrected chi connectivity index (χ0v) is 13.4. The van der Waals surface area contributed by atoms with Crippen molar-refractivity contribution in [2.45, 2.75) is 32.2 Å². The molecule has 0 amide bonds. The van der Waals surface area contributed by atoms with Crippen LogP contribution in [0.5, 0.6) is 5.75 Å². The van der Waals surface area contributed by atoms with Crippen LogP contribution in [0, 0.1) is 0 Å². The summed E-state index contributed by atoms with van der Waals surface area (Å²) in [5.41, 5.74) is 0.867. The minimum atomic E-state index is -1.94. The predicted molar refractivity (Wildman–Crippen MR) is 87.1 cm³/mol. The van der Waals surface area contributed by atoms with Crippen LogP contribution in [0.4, 0.5) is 4.39 Å². The normalized spacial score (nSPS) is 14.3. The summed E-state index contributed by atoms with van der Waals surface area (Å²) >= 11 is 0. The molecule has 0 bridgehead atoms. The number of hydrogen-bond donors (Lipinski definition) is 1. The largest absolute Gasteiger partial charge is 0.496 e. The average Bonchev–Trinajstić information content (AvgIpc) is 2.58. The van der Waals surface area contributed by atoms with Crippen molar-refractivity contribution in [3.63, 3.8) is 0 Å². The lowest BCUT2D eigenvalue weighted by Gasteiger charge is -2.14. The second-order valence-corrected chi connectivity index (χ2v) is 4.91. The molecule has 23 heavy (non-hydrogen) atoms. The van der Waals surface area contributed by atoms with Gasteiger partial charge in [0.25, 0.3) is 0 Å². The van der Waals surface area contributed by atoms with E-state index >= 15 is 0 Å². The number of alkyl halides is 1. The van der Waals surface area contributed by atoms with E-state index in [-0.39, 0.29) is 13.0 Å². The minimum Gasteiger partial charge on any atom is -0.496 e. The minimum absolute atomic E-state index is 0.0412. The lowest BCUT2D eigenvalue weighted by molar-refractivity contribution is -0.123. The van der Waals surface area contributed by atoms with Gasteiger partial charge in [0.1, 0.15) is 5.75 Å². The van der Waals surface area contributed by atoms with Crippen molar-refractivity contribution in [1.29, 1.82) is 0 Å². The molecule has 5 heteroatoms. The highest BCUT2D eigenvalue weighted by atomic mass is 19.1. The van der Waals surface area contributed by atoms with Crippen molar-refractivity contribution in [2.75, 3.05) is 13.7 Å². The quantitative estimate of drug-likeness (QED) is 0.409. The Labute approximate surface area is 136 Å². The summed E-state index contributed by atoms with van der Waals surface area (Å²) in [6.07, 6.45) is 2.62. The summed E-state index contributed by atoms with van der Waals surface area (Å²) in [6.45, 7) is 2.23. The topological polar surface area (TPSA) is 55.8 Å². The first-order valence-electron chi connectivity index (χ1n) is 7.45. The lowest BCUT2D eigenvalue weighted by Crippen LogP contribution is -2.30. The molecule has 0 aliphatic rings. The van der Waals surface area contributed by atoms with E-state index in [2.05, 4.69) is 0 Å². The van der Waals surface area contributed by atoms with Crippen molar-refractivity contribution >= 4 is 5.78 Å². The summed E-state index contributed by atoms with van der Waals surface area (Å²) < 4.78 is 24.3. The molecular weight excluding hydrogens is 299 g/mol. The summed E-state index contributed by atoms with van der Waals surface area (Å²) in [7, 11) is 1.57. The summed E-state index contributed by atoms with van der Waals surface area (Å²) in [6, 6.07) is 7.40. The van der Waals surface area contributed by atoms with Crippen LogP contribution < -0.4 is 4.74 Å². The summed E-state index contributed by atoms with van der Waals surface area (Å²) in [5, 5.41) is 9.69. The molecule has 0 aliphatic heterocycles. The number of carbonyl (C=O) groups excluding carboxylic acids is 1. The van der Waals surface area contributed by atoms with E-state index in [1.165, 1.54) is 6.08 Å². The van der Waals surface area contributed by atoms with E-state index < -0.39 is 18.1 Å². The number of methoxy groups -OCH3 is 1. The van der Waals surface area contributed by atoms with Crippen molar-refractivity contribution < 1.29 is 23.8 Å². The van der Waals surface area contributed by atoms with E-state index in [0.717, 1.165) is 11.6 Å². The van der Waals surface area contributed by atoms with Crippen LogP contribution in [-0.2, 0) is 16.1 Å². The highest BCUT2D eigenvalue weighted by Crippen LogP contribution is 2.18. The molecular formula is C18H23FO4. The number of halogens is 1. The van der Waals surface area contributed by atoms with Crippen LogP contribution in [-0.4, -0.2) is 36.9 Å². The number of ether oxygens (including phenoxy) is 2. The Morgan fingerprint density at radius 2 is 2.09 bits per heavy atom. The third-order valence-electron chi connectivity index (χ3n) is 3.18. The number of aliphatic hydroxyl groups excluding tert-OH is 1. The molecule has 0 aliphatic carbocycles. The first-order chi connectivity index (χ1) is 11.1. The van der Waals surface area contributed by atoms with E-state index in [0.29, 0.717) is 12.4 Å². The van der Waals surface area contributed by atoms with Gasteiger partial charge < -0.3 is 14.6 Å². The number of carbonyl (C=O) groups is 1. The Hall–Kier alpha value is -1.98. The number of benzene rings is 1. The van der Waals surface area contributed by atoms with E-state index in [1.807, 2.05) is 24.3 Å². The fourth-order valence-corrected chi connectivity index (χ4v) is 1.90. The van der Waals surface area contributed by atoms with Gasteiger partial charge in [0.2, 0.25) is 0 Å². The van der Waals surface area contributed by atoms with Gasteiger partial charge in [0.05, 0.1) is 19.8 Å². The van der Waals surface area contributed by atoms with Crippen LogP contribution in [0.2, 0.25) is 0 Å². The van der Waals surface area contributed by atoms with Gasteiger partial charge in [-0.1, -0.05) is 36.4 Å². The fourth-order valence-electron chi connectivity index (χ4n) is 1.90. The molecule has 0 unspecified atom stereocenters. The van der Waals surface area contributed by atoms with Crippen molar-refractivity contribution in [2.24, 2.45) is 0 Å². The van der Waals surface area contributed by atoms with Gasteiger partial charge >= 0.3 is 0 Å². The van der Waals surface area contributed by atoms with Crippen LogP contribution in [0.15, 0.2) is 48.6 Å². The zero-order chi connectivity index (χ0) is 17.1. The Kier molecular flexibility index (Phi) is 8.87. The number of para-hydroxylation sites is 1. The van der Waals surface area contributed by atoms with E-state index in [9.17, 15) is 14.3 Å². The number of allylic oxidation sites excluding steroid dienone is 4. The zero-order valence-electron chi connectivity index (χ0n) is 13.4. The molecule has 2 atom stereocenters. The number of hydrogen-bond acceptors (Lipinski definition) is 4. The molecule has 1 aromatic carbocycles. The molecule has 1 aromatic rings. The highest BCUT2D eigenvalue weighted by Gasteiger charge is 2.23. The Morgan fingerprint density at radius 1 is 1.35 bits per heavy atom. The average molecular weight is 322 g/mol. The Morgan fingerprint density at radius 3 is 2.78 bits per heavy atom. The van der Waals surface area contributed by atoms with Gasteiger partial charge in [-0.05, 0) is 25.5 Å². The predicted octanol–water partition coefficient (Wildman–Crippen LogP) is 3.00. The second-order valence-electron chi connectivity index (χ2n) is 4.91. The SMILES string of the molecule is C/C=C/C=C/C(=O)[C@@H](F)[C@@H](O)CCOCc1ccccc1OC. The highest BCUT2D eigenvalue weighted by molar-refractivity contribution is 5.94. The monoisotopic (exact) mass is 322 g/mol. The smallest absolute Gasteiger partial charge is 0.192 e. The molecule has 0 aromatic heterocycles. The van der Waals surface area contributed by atoms with E-state index in [4.69, 9.17) is 9.47 Å². The van der Waals surface area contributed by atoms with Crippen molar-refractivity contribution in [3.05, 3.63) is 54.1 Å². The first kappa shape index (κ1) is 19.1. The van der Waals surface area contributed by atoms with Gasteiger partial charge in [-0.2, -0.15) is 0 Å². The third-order valence-corrected chi connectivity index (χ3v) is 3.18. The van der Waals surface area contributed by atoms with Gasteiger partial charge in [-0.25, -0.2) is 4.39 Å². The van der Waals surface area contributed by atoms with Gasteiger partial charge in [0, 0.05) is 12.2 Å². The van der Waals surface area contributed by atoms with Crippen LogP contribution in [0.25, 0.3) is 0 Å². The molecule has 0 saturated carbocycles. The first-order valence-corrected chi connectivity index (χ1v) is 7.45. The summed E-state index contributed by atoms with van der Waals surface area (Å²) in [5.74, 6) is -0.0407. The van der Waals surface area contributed by atoms with Crippen LogP contribution in [0.1, 0.15) is 18.9 Å². The van der Waals surface area contributed by atoms with Gasteiger partial charge in [-0.15, -0.1) is 0 Å². The molecule has 0 saturated heterocycles. The fraction of sp³-hybridized carbons (Fsp3) is 0.389. The standard InChI is InChI=1S/C18H23FO4/c1-3-4-5-9-15(20)18(19)16(21)11-12-23-13-14-8-6-7-10-17(14)22-2/h3-10,16,18,21H,11-13H2,1-2H3/b4-3+,9-5+/t16-,18+/m0/s1. The third kappa shape index (κ3) is 6.76. The van der Waals surface area contributed by atoms with Gasteiger partial charge in [0.15, 0.2) is 12.0 Å². The maximum atomic E-state index is 13.7. The van der Waals surface area contributed by atoms with Crippen LogP contribution >= 0.6 is 0 Å². The number of rotatable bonds is 10. The Balaban J connectivity index is 2.35. The molecule has 0 spiro atoms. The number of aliphatic hydroxyl groups is 1. The van der Waals surface area contributed by atoms with Crippen molar-refractivity contribution in [3.8, 4) is 5.75 Å². The van der Waals surface area contributed by atoms with Crippen LogP contribution in [0.3, 0.4) is 0 Å². The molecule has 0 fully saturated rings. The lowest BCUT2D eigenvalue weighted by atomic mass is 10.1. The molecule has 1 rings (SSSR count). The maximum absolute atomic E-state index is 13.7. The second kappa shape index (κ2) is 10.7. The molecule has 4 nitrogen and oxygen atoms in total. The summed E-state index contributed by atoms with van der Waals surface area (Å²) in [4.78, 5) is 11.5. The molecule has 1 N–H and O–H groups in total. The van der Waals surface area contributed by atoms with Gasteiger partial charge in [-0.3, -0.25) is 4.79 Å². The Bertz CT molecular complexity index is 540. The molecule has 0 heterocycles. The van der Waals surface area contributed by atoms with Crippen molar-refractivity contribution in [1.82, 2.24) is 0 Å².